The van der Waals surface area contributed by atoms with Crippen molar-refractivity contribution in [3.63, 3.8) is 0 Å². The average Bonchev–Trinajstić information content (AvgIpc) is 2.77. The molecule has 0 radical (unpaired) electrons. The van der Waals surface area contributed by atoms with Gasteiger partial charge < -0.3 is 9.64 Å². The molecule has 0 aromatic heterocycles. The van der Waals surface area contributed by atoms with Crippen LogP contribution in [0.3, 0.4) is 0 Å². The highest BCUT2D eigenvalue weighted by molar-refractivity contribution is 5.78. The minimum Gasteiger partial charge on any atom is -0.349 e. The lowest BCUT2D eigenvalue weighted by molar-refractivity contribution is -0.160. The molecule has 0 spiro atoms. The Kier molecular flexibility index (Phi) is 2.21. The van der Waals surface area contributed by atoms with Gasteiger partial charge in [-0.3, -0.25) is 4.79 Å². The van der Waals surface area contributed by atoms with Crippen LogP contribution in [0.2, 0.25) is 0 Å². The van der Waals surface area contributed by atoms with Gasteiger partial charge in [0.15, 0.2) is 5.72 Å². The number of rotatable bonds is 1. The van der Waals surface area contributed by atoms with Crippen LogP contribution in [-0.4, -0.2) is 24.0 Å². The molecule has 2 fully saturated rings. The minimum absolute atomic E-state index is 0.229. The smallest absolute Gasteiger partial charge is 0.225 e. The van der Waals surface area contributed by atoms with Gasteiger partial charge in [0.05, 0.1) is 6.61 Å². The van der Waals surface area contributed by atoms with E-state index in [2.05, 4.69) is 12.1 Å². The van der Waals surface area contributed by atoms with Crippen molar-refractivity contribution >= 4 is 5.91 Å². The second-order valence-electron chi connectivity index (χ2n) is 4.40. The molecule has 3 rings (SSSR count). The summed E-state index contributed by atoms with van der Waals surface area (Å²) in [7, 11) is 0. The lowest BCUT2D eigenvalue weighted by Gasteiger charge is -2.40. The summed E-state index contributed by atoms with van der Waals surface area (Å²) in [5.74, 6) is 0.229. The van der Waals surface area contributed by atoms with Gasteiger partial charge in [-0.25, -0.2) is 0 Å². The van der Waals surface area contributed by atoms with E-state index in [1.54, 1.807) is 0 Å². The molecule has 2 heterocycles. The number of piperidine rings is 1. The first-order valence-corrected chi connectivity index (χ1v) is 5.83. The Bertz CT molecular complexity index is 404. The van der Waals surface area contributed by atoms with Crippen LogP contribution < -0.4 is 0 Å². The zero-order chi connectivity index (χ0) is 11.0. The number of hydrogen-bond acceptors (Lipinski definition) is 2. The molecule has 1 atom stereocenters. The molecule has 84 valence electrons. The molecule has 1 amide bonds. The normalized spacial score (nSPS) is 29.2. The van der Waals surface area contributed by atoms with E-state index >= 15 is 0 Å². The number of carbonyl (C=O) groups excluding carboxylic acids is 1. The van der Waals surface area contributed by atoms with Crippen molar-refractivity contribution in [3.05, 3.63) is 35.9 Å². The number of nitrogens with zero attached hydrogens (tertiary/aromatic N) is 1. The first-order chi connectivity index (χ1) is 7.83. The minimum atomic E-state index is -0.462. The summed E-state index contributed by atoms with van der Waals surface area (Å²) in [6, 6.07) is 10.1. The topological polar surface area (TPSA) is 29.5 Å². The van der Waals surface area contributed by atoms with Crippen LogP contribution in [0.25, 0.3) is 0 Å². The van der Waals surface area contributed by atoms with Gasteiger partial charge in [0.25, 0.3) is 0 Å². The average molecular weight is 217 g/mol. The summed E-state index contributed by atoms with van der Waals surface area (Å²) in [5, 5.41) is 0. The maximum absolute atomic E-state index is 11.9. The number of benzene rings is 1. The second-order valence-corrected chi connectivity index (χ2v) is 4.40. The molecule has 0 bridgehead atoms. The van der Waals surface area contributed by atoms with Gasteiger partial charge in [0.1, 0.15) is 0 Å². The molecule has 0 saturated carbocycles. The van der Waals surface area contributed by atoms with Crippen LogP contribution in [0.5, 0.6) is 0 Å². The van der Waals surface area contributed by atoms with Crippen LogP contribution >= 0.6 is 0 Å². The van der Waals surface area contributed by atoms with Gasteiger partial charge >= 0.3 is 0 Å². The maximum Gasteiger partial charge on any atom is 0.225 e. The predicted octanol–water partition coefficient (Wildman–Crippen LogP) is 1.88. The lowest BCUT2D eigenvalue weighted by Crippen LogP contribution is -2.48. The number of carbonyl (C=O) groups is 1. The van der Waals surface area contributed by atoms with Gasteiger partial charge in [-0.2, -0.15) is 0 Å². The molecule has 0 N–H and O–H groups in total. The van der Waals surface area contributed by atoms with Crippen molar-refractivity contribution in [2.45, 2.75) is 25.0 Å². The predicted molar refractivity (Wildman–Crippen MR) is 59.6 cm³/mol. The third-order valence-electron chi connectivity index (χ3n) is 3.52. The SMILES string of the molecule is O=C1CCC[C@]2(c3ccccc3)OCCN12. The van der Waals surface area contributed by atoms with Crippen LogP contribution in [0.1, 0.15) is 24.8 Å². The van der Waals surface area contributed by atoms with Crippen LogP contribution in [0.4, 0.5) is 0 Å². The summed E-state index contributed by atoms with van der Waals surface area (Å²) in [4.78, 5) is 13.8. The summed E-state index contributed by atoms with van der Waals surface area (Å²) in [6.07, 6.45) is 2.50. The van der Waals surface area contributed by atoms with Crippen molar-refractivity contribution in [1.29, 1.82) is 0 Å². The van der Waals surface area contributed by atoms with Gasteiger partial charge in [-0.05, 0) is 6.42 Å². The Morgan fingerprint density at radius 2 is 2.06 bits per heavy atom. The molecule has 2 aliphatic rings. The van der Waals surface area contributed by atoms with E-state index in [0.717, 1.165) is 24.9 Å². The number of fused-ring (bicyclic) bond motifs is 1. The zero-order valence-corrected chi connectivity index (χ0v) is 9.19. The maximum atomic E-state index is 11.9. The summed E-state index contributed by atoms with van der Waals surface area (Å²) >= 11 is 0. The quantitative estimate of drug-likeness (QED) is 0.718. The fourth-order valence-electron chi connectivity index (χ4n) is 2.79. The molecular weight excluding hydrogens is 202 g/mol. The Labute approximate surface area is 95.0 Å². The number of ether oxygens (including phenoxy) is 1. The molecule has 3 nitrogen and oxygen atoms in total. The number of hydrogen-bond donors (Lipinski definition) is 0. The molecular formula is C13H15NO2. The third-order valence-corrected chi connectivity index (χ3v) is 3.52. The van der Waals surface area contributed by atoms with Crippen molar-refractivity contribution in [2.75, 3.05) is 13.2 Å². The first kappa shape index (κ1) is 9.85. The Balaban J connectivity index is 2.05. The molecule has 1 aromatic rings. The lowest BCUT2D eigenvalue weighted by atomic mass is 9.91. The highest BCUT2D eigenvalue weighted by Gasteiger charge is 2.48. The van der Waals surface area contributed by atoms with Gasteiger partial charge in [-0.15, -0.1) is 0 Å². The van der Waals surface area contributed by atoms with Gasteiger partial charge in [0, 0.05) is 24.9 Å². The van der Waals surface area contributed by atoms with Crippen LogP contribution in [-0.2, 0) is 15.3 Å². The Morgan fingerprint density at radius 1 is 1.25 bits per heavy atom. The molecule has 2 saturated heterocycles. The fourth-order valence-corrected chi connectivity index (χ4v) is 2.79. The summed E-state index contributed by atoms with van der Waals surface area (Å²) in [5.41, 5.74) is 0.650. The Hall–Kier alpha value is -1.35. The molecule has 0 aliphatic carbocycles. The highest BCUT2D eigenvalue weighted by Crippen LogP contribution is 2.42. The second kappa shape index (κ2) is 3.59. The van der Waals surface area contributed by atoms with Crippen molar-refractivity contribution in [1.82, 2.24) is 4.90 Å². The van der Waals surface area contributed by atoms with Gasteiger partial charge in [-0.1, -0.05) is 30.3 Å². The molecule has 2 aliphatic heterocycles. The van der Waals surface area contributed by atoms with E-state index in [1.807, 2.05) is 23.1 Å². The van der Waals surface area contributed by atoms with E-state index < -0.39 is 5.72 Å². The molecule has 3 heteroatoms. The van der Waals surface area contributed by atoms with Crippen molar-refractivity contribution in [3.8, 4) is 0 Å². The Morgan fingerprint density at radius 3 is 2.88 bits per heavy atom. The largest absolute Gasteiger partial charge is 0.349 e. The number of amides is 1. The van der Waals surface area contributed by atoms with E-state index in [4.69, 9.17) is 4.74 Å². The van der Waals surface area contributed by atoms with E-state index in [1.165, 1.54) is 0 Å². The van der Waals surface area contributed by atoms with Crippen LogP contribution in [0, 0.1) is 0 Å². The van der Waals surface area contributed by atoms with Gasteiger partial charge in [0.2, 0.25) is 5.91 Å². The van der Waals surface area contributed by atoms with E-state index in [0.29, 0.717) is 13.0 Å². The molecule has 1 aromatic carbocycles. The van der Waals surface area contributed by atoms with E-state index in [9.17, 15) is 4.79 Å². The standard InChI is InChI=1S/C13H15NO2/c15-12-7-4-8-13(14(12)9-10-16-13)11-5-2-1-3-6-11/h1-3,5-6H,4,7-10H2/t13-/m1/s1. The van der Waals surface area contributed by atoms with E-state index in [-0.39, 0.29) is 5.91 Å². The summed E-state index contributed by atoms with van der Waals surface area (Å²) < 4.78 is 5.91. The first-order valence-electron chi connectivity index (χ1n) is 5.83. The summed E-state index contributed by atoms with van der Waals surface area (Å²) in [6.45, 7) is 1.38. The third kappa shape index (κ3) is 1.28. The molecule has 0 unspecified atom stereocenters. The zero-order valence-electron chi connectivity index (χ0n) is 9.19. The highest BCUT2D eigenvalue weighted by atomic mass is 16.5. The molecule has 16 heavy (non-hydrogen) atoms. The van der Waals surface area contributed by atoms with Crippen molar-refractivity contribution in [2.24, 2.45) is 0 Å². The monoisotopic (exact) mass is 217 g/mol. The van der Waals surface area contributed by atoms with Crippen LogP contribution in [0.15, 0.2) is 30.3 Å². The van der Waals surface area contributed by atoms with Crippen molar-refractivity contribution < 1.29 is 9.53 Å². The fraction of sp³-hybridized carbons (Fsp3) is 0.462.